The van der Waals surface area contributed by atoms with Crippen molar-refractivity contribution in [1.82, 2.24) is 10.2 Å². The number of halogens is 2. The number of aliphatic hydroxyl groups is 2. The molecule has 0 saturated carbocycles. The summed E-state index contributed by atoms with van der Waals surface area (Å²) in [4.78, 5) is 25.2. The van der Waals surface area contributed by atoms with Crippen LogP contribution < -0.4 is 133 Å². The fraction of sp³-hybridized carbons (Fsp3) is 0.304. The molecule has 2 saturated heterocycles. The molecule has 0 unspecified atom stereocenters. The van der Waals surface area contributed by atoms with Crippen molar-refractivity contribution in [3.05, 3.63) is 201 Å². The van der Waals surface area contributed by atoms with E-state index in [9.17, 15) is 8.42 Å². The smallest absolute Gasteiger partial charge is 1.00 e. The van der Waals surface area contributed by atoms with Gasteiger partial charge in [-0.05, 0) is 59.4 Å². The molecule has 2 atom stereocenters. The maximum atomic E-state index is 10.7. The van der Waals surface area contributed by atoms with Crippen molar-refractivity contribution < 1.29 is 151 Å². The molecular formula is C56H62Cl2K2N6O10S. The van der Waals surface area contributed by atoms with Crippen molar-refractivity contribution in [2.75, 3.05) is 94.9 Å². The third kappa shape index (κ3) is 23.6. The van der Waals surface area contributed by atoms with Crippen LogP contribution in [-0.4, -0.2) is 115 Å². The van der Waals surface area contributed by atoms with Gasteiger partial charge in [0.25, 0.3) is 16.6 Å². The van der Waals surface area contributed by atoms with Crippen LogP contribution in [-0.2, 0) is 36.8 Å². The summed E-state index contributed by atoms with van der Waals surface area (Å²) < 4.78 is 36.9. The molecule has 0 spiro atoms. The molecule has 77 heavy (non-hydrogen) atoms. The summed E-state index contributed by atoms with van der Waals surface area (Å²) in [5.74, 6) is 1.34. The Morgan fingerprint density at radius 2 is 1.16 bits per heavy atom. The summed E-state index contributed by atoms with van der Waals surface area (Å²) in [6.07, 6.45) is 2.50. The molecule has 0 amide bonds. The van der Waals surface area contributed by atoms with E-state index in [-0.39, 0.29) is 156 Å². The van der Waals surface area contributed by atoms with E-state index in [0.29, 0.717) is 39.3 Å². The fourth-order valence-corrected chi connectivity index (χ4v) is 9.22. The monoisotopic (exact) mass is 1160 g/mol. The van der Waals surface area contributed by atoms with Crippen LogP contribution in [0, 0.1) is 13.1 Å². The maximum absolute atomic E-state index is 10.7. The van der Waals surface area contributed by atoms with Gasteiger partial charge in [0.05, 0.1) is 72.7 Å². The molecule has 398 valence electrons. The summed E-state index contributed by atoms with van der Waals surface area (Å²) in [7, 11) is -3.36. The standard InChI is InChI=1S/C27H28ClN3O2.C18H21ClN2O2.C10H11NO3S.CH2O3.2K.H/c1-29-23-9-7-21(8-10-23)13-14-30-15-16-31(27(20-30)22-5-3-2-4-6-22)26-12-11-24(19-25(26)28)33-18-17-32;19-16-12-15(23-11-10-22)6-7-17(16)21-9-8-20-13-18(21)14-4-2-1-3-5-14;1-11-10-5-3-9(4-6-10)7-8-14-15(2,12)13;2-1-4-3;;;/h2-12,19,27,32H,13-18,20H2;1-7,12,18,20,22H,8-11,13H2;3-6H,7-8H2,2H3;1,3H;;;/q;;;;2*+1;-1/p-1/t27-;18-;;;;;/m00...../s1. The Balaban J connectivity index is 0.000000404. The molecule has 8 rings (SSSR count). The van der Waals surface area contributed by atoms with Crippen LogP contribution in [0.4, 0.5) is 22.7 Å². The molecule has 0 aliphatic carbocycles. The van der Waals surface area contributed by atoms with Crippen molar-refractivity contribution >= 4 is 62.5 Å². The third-order valence-electron chi connectivity index (χ3n) is 11.8. The summed E-state index contributed by atoms with van der Waals surface area (Å²) in [5, 5.41) is 31.0. The first-order valence-electron chi connectivity index (χ1n) is 24.0. The van der Waals surface area contributed by atoms with Gasteiger partial charge in [-0.2, -0.15) is 8.42 Å². The molecule has 2 aliphatic rings. The molecule has 16 nitrogen and oxygen atoms in total. The third-order valence-corrected chi connectivity index (χ3v) is 13.0. The summed E-state index contributed by atoms with van der Waals surface area (Å²) >= 11 is 13.2. The molecule has 2 aliphatic heterocycles. The molecule has 0 aromatic heterocycles. The first kappa shape index (κ1) is 67.8. The van der Waals surface area contributed by atoms with Crippen LogP contribution in [0.2, 0.25) is 10.0 Å². The number of hydrogen-bond acceptors (Lipinski definition) is 14. The van der Waals surface area contributed by atoms with Gasteiger partial charge in [0.1, 0.15) is 24.7 Å². The quantitative estimate of drug-likeness (QED) is 0.0285. The van der Waals surface area contributed by atoms with Gasteiger partial charge in [0.2, 0.25) is 0 Å². The predicted molar refractivity (Wildman–Crippen MR) is 292 cm³/mol. The number of piperazine rings is 2. The van der Waals surface area contributed by atoms with Gasteiger partial charge in [-0.3, -0.25) is 13.9 Å². The minimum Gasteiger partial charge on any atom is -1.00 e. The van der Waals surface area contributed by atoms with Gasteiger partial charge in [-0.15, -0.1) is 0 Å². The predicted octanol–water partition coefficient (Wildman–Crippen LogP) is 2.54. The van der Waals surface area contributed by atoms with E-state index in [1.54, 1.807) is 24.3 Å². The van der Waals surface area contributed by atoms with E-state index in [2.05, 4.69) is 99.4 Å². The Hall–Kier alpha value is -3.47. The minimum atomic E-state index is -3.36. The van der Waals surface area contributed by atoms with Gasteiger partial charge in [0, 0.05) is 57.9 Å². The zero-order valence-corrected chi connectivity index (χ0v) is 52.1. The normalized spacial score (nSPS) is 14.8. The van der Waals surface area contributed by atoms with Crippen LogP contribution in [0.25, 0.3) is 9.69 Å². The van der Waals surface area contributed by atoms with E-state index in [1.165, 1.54) is 16.7 Å². The number of hydrogen-bond donors (Lipinski definition) is 3. The number of rotatable bonds is 18. The first-order valence-corrected chi connectivity index (χ1v) is 26.6. The first-order chi connectivity index (χ1) is 36.4. The molecule has 2 fully saturated rings. The largest absolute Gasteiger partial charge is 1.00 e. The van der Waals surface area contributed by atoms with E-state index in [0.717, 1.165) is 75.4 Å². The van der Waals surface area contributed by atoms with Crippen LogP contribution in [0.3, 0.4) is 0 Å². The summed E-state index contributed by atoms with van der Waals surface area (Å²) in [6.45, 7) is 20.7. The minimum absolute atomic E-state index is 0. The van der Waals surface area contributed by atoms with Crippen molar-refractivity contribution in [1.29, 1.82) is 0 Å². The van der Waals surface area contributed by atoms with Crippen LogP contribution in [0.5, 0.6) is 11.5 Å². The Kier molecular flexibility index (Phi) is 33.0. The zero-order valence-electron chi connectivity index (χ0n) is 44.5. The SMILES string of the molecule is O=CO[O-].OCCOc1ccc(N2CCNC[C@H]2c2ccccc2)c(Cl)c1.[C-]#[N+]c1ccc(CCN2CCN(c3ccc(OCCO)cc3Cl)[C@H](c3ccccc3)C2)cc1.[C-]#[N+]c1ccc(CCOS(C)(=O)=O)cc1.[H-].[K+].[K+]. The molecule has 6 aromatic rings. The van der Waals surface area contributed by atoms with Gasteiger partial charge in [0.15, 0.2) is 11.4 Å². The zero-order chi connectivity index (χ0) is 53.8. The maximum Gasteiger partial charge on any atom is 1.00 e. The number of aliphatic hydroxyl groups excluding tert-OH is 2. The van der Waals surface area contributed by atoms with Crippen LogP contribution in [0.1, 0.15) is 35.8 Å². The molecule has 21 heteroatoms. The number of benzene rings is 6. The number of carbonyl (C=O) groups is 1. The van der Waals surface area contributed by atoms with E-state index in [1.807, 2.05) is 60.7 Å². The Labute approximate surface area is 549 Å². The van der Waals surface area contributed by atoms with E-state index < -0.39 is 10.1 Å². The molecule has 0 radical (unpaired) electrons. The molecule has 2 heterocycles. The van der Waals surface area contributed by atoms with E-state index >= 15 is 0 Å². The average molecular weight is 1160 g/mol. The average Bonchev–Trinajstić information content (AvgIpc) is 3.44. The summed E-state index contributed by atoms with van der Waals surface area (Å²) in [5.41, 5.74) is 8.00. The van der Waals surface area contributed by atoms with Gasteiger partial charge < -0.3 is 46.4 Å². The Morgan fingerprint density at radius 3 is 1.60 bits per heavy atom. The van der Waals surface area contributed by atoms with Crippen molar-refractivity contribution in [2.45, 2.75) is 24.9 Å². The van der Waals surface area contributed by atoms with Crippen LogP contribution in [0.15, 0.2) is 146 Å². The van der Waals surface area contributed by atoms with Crippen molar-refractivity contribution in [2.24, 2.45) is 0 Å². The van der Waals surface area contributed by atoms with Crippen LogP contribution >= 0.6 is 23.2 Å². The summed E-state index contributed by atoms with van der Waals surface area (Å²) in [6, 6.07) is 47.8. The topological polar surface area (TPSA) is 182 Å². The number of ether oxygens (including phenoxy) is 2. The van der Waals surface area contributed by atoms with Crippen molar-refractivity contribution in [3.8, 4) is 11.5 Å². The fourth-order valence-electron chi connectivity index (χ4n) is 8.28. The second-order valence-electron chi connectivity index (χ2n) is 16.9. The van der Waals surface area contributed by atoms with Gasteiger partial charge >= 0.3 is 103 Å². The van der Waals surface area contributed by atoms with Gasteiger partial charge in [-0.1, -0.05) is 132 Å². The van der Waals surface area contributed by atoms with Gasteiger partial charge in [-0.25, -0.2) is 9.69 Å². The number of nitrogens with zero attached hydrogens (tertiary/aromatic N) is 5. The van der Waals surface area contributed by atoms with E-state index in [4.69, 9.17) is 66.1 Å². The molecule has 6 aromatic carbocycles. The second-order valence-corrected chi connectivity index (χ2v) is 19.3. The Morgan fingerprint density at radius 1 is 0.688 bits per heavy atom. The second kappa shape index (κ2) is 37.5. The number of nitrogens with one attached hydrogen (secondary N) is 1. The van der Waals surface area contributed by atoms with Crippen molar-refractivity contribution in [3.63, 3.8) is 0 Å². The molecule has 0 bridgehead atoms. The molecule has 3 N–H and O–H groups in total. The number of anilines is 2. The molecular weight excluding hydrogens is 1100 g/mol. The number of carbonyl (C=O) groups excluding carboxylic acids is 1. The Bertz CT molecular complexity index is 2860.